The van der Waals surface area contributed by atoms with Crippen molar-refractivity contribution in [3.05, 3.63) is 48.4 Å². The van der Waals surface area contributed by atoms with E-state index in [1.54, 1.807) is 18.2 Å². The van der Waals surface area contributed by atoms with E-state index in [-0.39, 0.29) is 29.6 Å². The molecular weight excluding hydrogens is 366 g/mol. The second-order valence-corrected chi connectivity index (χ2v) is 7.23. The lowest BCUT2D eigenvalue weighted by Gasteiger charge is -2.37. The summed E-state index contributed by atoms with van der Waals surface area (Å²) in [4.78, 5) is 25.2. The lowest BCUT2D eigenvalue weighted by Crippen LogP contribution is -2.44. The lowest BCUT2D eigenvalue weighted by molar-refractivity contribution is -0.128. The van der Waals surface area contributed by atoms with Crippen molar-refractivity contribution >= 4 is 35.6 Å². The fourth-order valence-electron chi connectivity index (χ4n) is 4.22. The van der Waals surface area contributed by atoms with Crippen molar-refractivity contribution in [3.63, 3.8) is 0 Å². The van der Waals surface area contributed by atoms with Gasteiger partial charge >= 0.3 is 0 Å². The molecule has 27 heavy (non-hydrogen) atoms. The summed E-state index contributed by atoms with van der Waals surface area (Å²) in [6.45, 7) is 1.68. The second-order valence-electron chi connectivity index (χ2n) is 7.23. The van der Waals surface area contributed by atoms with Crippen molar-refractivity contribution in [2.45, 2.75) is 25.7 Å². The number of rotatable bonds is 4. The zero-order valence-electron chi connectivity index (χ0n) is 15.0. The van der Waals surface area contributed by atoms with Gasteiger partial charge in [-0.3, -0.25) is 9.59 Å². The van der Waals surface area contributed by atoms with E-state index in [9.17, 15) is 9.59 Å². The first-order valence-electron chi connectivity index (χ1n) is 9.13. The monoisotopic (exact) mass is 389 g/mol. The Hall–Kier alpha value is -2.31. The van der Waals surface area contributed by atoms with Crippen LogP contribution in [0.5, 0.6) is 0 Å². The van der Waals surface area contributed by atoms with Gasteiger partial charge in [-0.05, 0) is 49.6 Å². The van der Waals surface area contributed by atoms with Crippen LogP contribution in [-0.4, -0.2) is 24.9 Å². The van der Waals surface area contributed by atoms with Crippen LogP contribution in [-0.2, 0) is 4.79 Å². The fourth-order valence-corrected chi connectivity index (χ4v) is 4.22. The van der Waals surface area contributed by atoms with Gasteiger partial charge in [0.15, 0.2) is 0 Å². The van der Waals surface area contributed by atoms with Crippen LogP contribution in [0.2, 0.25) is 0 Å². The van der Waals surface area contributed by atoms with E-state index in [0.717, 1.165) is 32.4 Å². The van der Waals surface area contributed by atoms with Crippen molar-refractivity contribution in [1.82, 2.24) is 5.32 Å². The van der Waals surface area contributed by atoms with Crippen molar-refractivity contribution < 1.29 is 14.0 Å². The maximum absolute atomic E-state index is 13.0. The highest BCUT2D eigenvalue weighted by Crippen LogP contribution is 2.44. The predicted molar refractivity (Wildman–Crippen MR) is 106 cm³/mol. The fraction of sp³-hybridized carbons (Fsp3) is 0.400. The molecule has 0 unspecified atom stereocenters. The number of furan rings is 1. The molecule has 0 radical (unpaired) electrons. The third-order valence-corrected chi connectivity index (χ3v) is 5.65. The number of benzene rings is 1. The Balaban J connectivity index is 0.00000210. The Bertz CT molecular complexity index is 809. The number of anilines is 2. The molecule has 2 amide bonds. The first kappa shape index (κ1) is 19.5. The molecule has 2 atom stereocenters. The summed E-state index contributed by atoms with van der Waals surface area (Å²) >= 11 is 0. The minimum atomic E-state index is -0.297. The van der Waals surface area contributed by atoms with Crippen LogP contribution in [0.3, 0.4) is 0 Å². The van der Waals surface area contributed by atoms with E-state index < -0.39 is 0 Å². The molecule has 1 aromatic heterocycles. The van der Waals surface area contributed by atoms with Crippen LogP contribution in [0.4, 0.5) is 11.4 Å². The summed E-state index contributed by atoms with van der Waals surface area (Å²) in [5.74, 6) is 0.263. The largest absolute Gasteiger partial charge is 0.472 e. The Morgan fingerprint density at radius 2 is 1.96 bits per heavy atom. The Morgan fingerprint density at radius 1 is 1.15 bits per heavy atom. The molecule has 1 saturated heterocycles. The maximum Gasteiger partial charge on any atom is 0.258 e. The van der Waals surface area contributed by atoms with Gasteiger partial charge in [-0.15, -0.1) is 12.4 Å². The molecule has 4 rings (SSSR count). The zero-order chi connectivity index (χ0) is 18.0. The molecule has 2 fully saturated rings. The van der Waals surface area contributed by atoms with Crippen LogP contribution in [0, 0.1) is 11.3 Å². The van der Waals surface area contributed by atoms with Crippen molar-refractivity contribution in [1.29, 1.82) is 0 Å². The third-order valence-electron chi connectivity index (χ3n) is 5.65. The van der Waals surface area contributed by atoms with Gasteiger partial charge in [0.1, 0.15) is 6.26 Å². The van der Waals surface area contributed by atoms with E-state index >= 15 is 0 Å². The van der Waals surface area contributed by atoms with Gasteiger partial charge in [-0.2, -0.15) is 0 Å². The Morgan fingerprint density at radius 3 is 2.74 bits per heavy atom. The molecule has 6 nitrogen and oxygen atoms in total. The standard InChI is InChI=1S/C20H23N3O3.ClH/c24-18(14-7-9-26-12-14)22-16-5-3-6-17(10-16)23-19(25)20-8-2-1-4-15(20)11-21-13-20;/h3,5-7,9-10,12,15,21H,1-2,4,8,11,13H2,(H,22,24)(H,23,25);1H/t15-,20+;/m0./s1. The van der Waals surface area contributed by atoms with E-state index in [0.29, 0.717) is 22.9 Å². The molecule has 2 heterocycles. The minimum absolute atomic E-state index is 0. The number of hydrogen-bond donors (Lipinski definition) is 3. The third kappa shape index (κ3) is 3.87. The molecule has 144 valence electrons. The summed E-state index contributed by atoms with van der Waals surface area (Å²) in [5, 5.41) is 9.29. The predicted octanol–water partition coefficient (Wildman–Crippen LogP) is 3.67. The summed E-state index contributed by atoms with van der Waals surface area (Å²) in [7, 11) is 0. The number of nitrogens with one attached hydrogen (secondary N) is 3. The Labute approximate surface area is 164 Å². The van der Waals surface area contributed by atoms with Crippen LogP contribution in [0.15, 0.2) is 47.3 Å². The quantitative estimate of drug-likeness (QED) is 0.745. The highest BCUT2D eigenvalue weighted by Gasteiger charge is 2.49. The number of carbonyl (C=O) groups excluding carboxylic acids is 2. The first-order chi connectivity index (χ1) is 12.7. The van der Waals surface area contributed by atoms with E-state index in [1.165, 1.54) is 18.9 Å². The number of carbonyl (C=O) groups is 2. The number of amides is 2. The van der Waals surface area contributed by atoms with Gasteiger partial charge in [0.2, 0.25) is 5.91 Å². The van der Waals surface area contributed by atoms with Gasteiger partial charge in [-0.1, -0.05) is 18.9 Å². The topological polar surface area (TPSA) is 83.4 Å². The zero-order valence-corrected chi connectivity index (χ0v) is 15.8. The minimum Gasteiger partial charge on any atom is -0.472 e. The van der Waals surface area contributed by atoms with E-state index in [2.05, 4.69) is 16.0 Å². The van der Waals surface area contributed by atoms with Gasteiger partial charge in [0, 0.05) is 17.9 Å². The molecule has 0 bridgehead atoms. The molecule has 2 aromatic rings. The summed E-state index contributed by atoms with van der Waals surface area (Å²) in [6, 6.07) is 8.86. The molecule has 1 aliphatic heterocycles. The van der Waals surface area contributed by atoms with Gasteiger partial charge < -0.3 is 20.4 Å². The molecule has 1 aliphatic carbocycles. The lowest BCUT2D eigenvalue weighted by atomic mass is 9.67. The SMILES string of the molecule is Cl.O=C(Nc1cccc(NC(=O)[C@@]23CCCC[C@H]2CNC3)c1)c1ccoc1. The molecule has 3 N–H and O–H groups in total. The molecule has 1 saturated carbocycles. The van der Waals surface area contributed by atoms with Crippen LogP contribution in [0.25, 0.3) is 0 Å². The number of hydrogen-bond acceptors (Lipinski definition) is 4. The maximum atomic E-state index is 13.0. The molecule has 0 spiro atoms. The molecule has 7 heteroatoms. The van der Waals surface area contributed by atoms with Crippen LogP contribution < -0.4 is 16.0 Å². The smallest absolute Gasteiger partial charge is 0.258 e. The second kappa shape index (κ2) is 8.15. The molecule has 1 aromatic carbocycles. The molecular formula is C20H24ClN3O3. The van der Waals surface area contributed by atoms with E-state index in [4.69, 9.17) is 4.42 Å². The molecule has 2 aliphatic rings. The highest BCUT2D eigenvalue weighted by molar-refractivity contribution is 6.04. The Kier molecular flexibility index (Phi) is 5.87. The van der Waals surface area contributed by atoms with Gasteiger partial charge in [0.25, 0.3) is 5.91 Å². The van der Waals surface area contributed by atoms with Crippen molar-refractivity contribution in [2.24, 2.45) is 11.3 Å². The van der Waals surface area contributed by atoms with Crippen molar-refractivity contribution in [2.75, 3.05) is 23.7 Å². The van der Waals surface area contributed by atoms with Gasteiger partial charge in [-0.25, -0.2) is 0 Å². The summed E-state index contributed by atoms with van der Waals surface area (Å²) in [5.41, 5.74) is 1.50. The normalized spacial score (nSPS) is 23.8. The average molecular weight is 390 g/mol. The number of halogens is 1. The number of fused-ring (bicyclic) bond motifs is 1. The van der Waals surface area contributed by atoms with Crippen molar-refractivity contribution in [3.8, 4) is 0 Å². The van der Waals surface area contributed by atoms with Gasteiger partial charge in [0.05, 0.1) is 17.2 Å². The average Bonchev–Trinajstić information content (AvgIpc) is 3.32. The van der Waals surface area contributed by atoms with Crippen LogP contribution >= 0.6 is 12.4 Å². The summed E-state index contributed by atoms with van der Waals surface area (Å²) < 4.78 is 4.93. The first-order valence-corrected chi connectivity index (χ1v) is 9.13. The van der Waals surface area contributed by atoms with Crippen LogP contribution in [0.1, 0.15) is 36.0 Å². The summed E-state index contributed by atoms with van der Waals surface area (Å²) in [6.07, 6.45) is 7.22. The highest BCUT2D eigenvalue weighted by atomic mass is 35.5. The van der Waals surface area contributed by atoms with E-state index in [1.807, 2.05) is 12.1 Å².